The lowest BCUT2D eigenvalue weighted by molar-refractivity contribution is -0.116. The van der Waals surface area contributed by atoms with Gasteiger partial charge in [-0.1, -0.05) is 23.7 Å². The first-order chi connectivity index (χ1) is 15.7. The van der Waals surface area contributed by atoms with E-state index in [2.05, 4.69) is 14.7 Å². The van der Waals surface area contributed by atoms with Gasteiger partial charge in [0.25, 0.3) is 10.0 Å². The second-order valence-electron chi connectivity index (χ2n) is 8.14. The van der Waals surface area contributed by atoms with E-state index in [1.54, 1.807) is 41.3 Å². The molecule has 1 atom stereocenters. The predicted octanol–water partition coefficient (Wildman–Crippen LogP) is 4.98. The zero-order valence-corrected chi connectivity index (χ0v) is 19.5. The van der Waals surface area contributed by atoms with Crippen LogP contribution in [-0.2, 0) is 21.2 Å². The summed E-state index contributed by atoms with van der Waals surface area (Å²) in [5.41, 5.74) is 4.17. The van der Waals surface area contributed by atoms with Crippen molar-refractivity contribution in [3.05, 3.63) is 71.2 Å². The molecule has 0 bridgehead atoms. The van der Waals surface area contributed by atoms with E-state index in [9.17, 15) is 13.2 Å². The van der Waals surface area contributed by atoms with Crippen LogP contribution in [0, 0.1) is 0 Å². The van der Waals surface area contributed by atoms with Crippen LogP contribution in [0.5, 0.6) is 0 Å². The number of carbonyl (C=O) groups excluding carboxylic acids is 1. The van der Waals surface area contributed by atoms with E-state index in [0.29, 0.717) is 34.0 Å². The molecule has 0 fully saturated rings. The van der Waals surface area contributed by atoms with Gasteiger partial charge in [-0.3, -0.25) is 9.52 Å². The average molecular weight is 481 g/mol. The normalized spacial score (nSPS) is 15.6. The van der Waals surface area contributed by atoms with Crippen molar-refractivity contribution in [1.82, 2.24) is 9.97 Å². The number of anilines is 2. The minimum Gasteiger partial charge on any atom is -0.338 e. The fraction of sp³-hybridized carbons (Fsp3) is 0.167. The quantitative estimate of drug-likeness (QED) is 0.430. The van der Waals surface area contributed by atoms with Gasteiger partial charge in [0.05, 0.1) is 26.6 Å². The number of benzene rings is 3. The van der Waals surface area contributed by atoms with Gasteiger partial charge in [-0.25, -0.2) is 13.4 Å². The van der Waals surface area contributed by atoms with Crippen molar-refractivity contribution in [2.24, 2.45) is 0 Å². The smallest absolute Gasteiger partial charge is 0.261 e. The summed E-state index contributed by atoms with van der Waals surface area (Å²) in [6.07, 6.45) is 0.614. The maximum Gasteiger partial charge on any atom is 0.261 e. The molecular formula is C24H21ClN4O3S. The molecule has 168 valence electrons. The van der Waals surface area contributed by atoms with Crippen molar-refractivity contribution < 1.29 is 13.2 Å². The molecule has 0 aliphatic carbocycles. The highest BCUT2D eigenvalue weighted by molar-refractivity contribution is 7.92. The van der Waals surface area contributed by atoms with Crippen molar-refractivity contribution in [1.29, 1.82) is 0 Å². The Morgan fingerprint density at radius 2 is 1.94 bits per heavy atom. The highest BCUT2D eigenvalue weighted by Gasteiger charge is 2.30. The molecule has 0 saturated heterocycles. The first kappa shape index (κ1) is 21.5. The summed E-state index contributed by atoms with van der Waals surface area (Å²) in [7, 11) is -3.82. The van der Waals surface area contributed by atoms with Gasteiger partial charge >= 0.3 is 0 Å². The first-order valence-corrected chi connectivity index (χ1v) is 12.3. The van der Waals surface area contributed by atoms with Crippen LogP contribution in [0.3, 0.4) is 0 Å². The van der Waals surface area contributed by atoms with Crippen molar-refractivity contribution in [2.75, 3.05) is 9.62 Å². The number of sulfonamides is 1. The predicted molar refractivity (Wildman–Crippen MR) is 130 cm³/mol. The van der Waals surface area contributed by atoms with Crippen molar-refractivity contribution in [3.63, 3.8) is 0 Å². The molecule has 0 saturated carbocycles. The van der Waals surface area contributed by atoms with Crippen LogP contribution >= 0.6 is 11.6 Å². The van der Waals surface area contributed by atoms with Gasteiger partial charge < -0.3 is 9.88 Å². The molecular weight excluding hydrogens is 460 g/mol. The third-order valence-electron chi connectivity index (χ3n) is 5.78. The molecule has 5 rings (SSSR count). The van der Waals surface area contributed by atoms with Crippen LogP contribution in [-0.4, -0.2) is 30.3 Å². The summed E-state index contributed by atoms with van der Waals surface area (Å²) in [4.78, 5) is 21.6. The number of H-pyrrole nitrogens is 1. The fourth-order valence-electron chi connectivity index (χ4n) is 4.32. The molecule has 9 heteroatoms. The lowest BCUT2D eigenvalue weighted by atomic mass is 10.1. The van der Waals surface area contributed by atoms with Crippen molar-refractivity contribution >= 4 is 49.9 Å². The zero-order chi connectivity index (χ0) is 23.3. The summed E-state index contributed by atoms with van der Waals surface area (Å²) >= 11 is 6.27. The number of hydrogen-bond acceptors (Lipinski definition) is 4. The highest BCUT2D eigenvalue weighted by Crippen LogP contribution is 2.34. The van der Waals surface area contributed by atoms with Gasteiger partial charge in [0.2, 0.25) is 5.91 Å². The lowest BCUT2D eigenvalue weighted by Gasteiger charge is -2.20. The Morgan fingerprint density at radius 3 is 2.70 bits per heavy atom. The first-order valence-electron chi connectivity index (χ1n) is 10.4. The molecule has 2 heterocycles. The summed E-state index contributed by atoms with van der Waals surface area (Å²) in [6.45, 7) is 3.46. The van der Waals surface area contributed by atoms with E-state index >= 15 is 0 Å². The standard InChI is InChI=1S/C24H21ClN4O3S/c1-14-11-16-12-18(8-10-23(16)29(14)15(2)30)33(31,32)28-17-7-9-21-22(13-17)27-24(26-21)19-5-3-4-6-20(19)25/h3-10,12-14,28H,11H2,1-2H3,(H,26,27). The van der Waals surface area contributed by atoms with Gasteiger partial charge in [0, 0.05) is 24.2 Å². The Morgan fingerprint density at radius 1 is 1.15 bits per heavy atom. The fourth-order valence-corrected chi connectivity index (χ4v) is 5.65. The summed E-state index contributed by atoms with van der Waals surface area (Å²) < 4.78 is 28.8. The van der Waals surface area contributed by atoms with Crippen LogP contribution in [0.25, 0.3) is 22.4 Å². The largest absolute Gasteiger partial charge is 0.338 e. The summed E-state index contributed by atoms with van der Waals surface area (Å²) in [6, 6.07) is 17.4. The number of rotatable bonds is 4. The number of carbonyl (C=O) groups is 1. The number of halogens is 1. The van der Waals surface area contributed by atoms with Crippen LogP contribution < -0.4 is 9.62 Å². The van der Waals surface area contributed by atoms with Gasteiger partial charge in [-0.2, -0.15) is 0 Å². The number of amides is 1. The Balaban J connectivity index is 1.44. The molecule has 1 aliphatic rings. The maximum absolute atomic E-state index is 13.1. The SMILES string of the molecule is CC(=O)N1c2ccc(S(=O)(=O)Nc3ccc4nc(-c5ccccc5Cl)[nH]c4c3)cc2CC1C. The molecule has 4 aromatic rings. The Labute approximate surface area is 196 Å². The molecule has 0 radical (unpaired) electrons. The van der Waals surface area contributed by atoms with E-state index in [1.165, 1.54) is 13.0 Å². The Hall–Kier alpha value is -3.36. The number of nitrogens with zero attached hydrogens (tertiary/aromatic N) is 2. The van der Waals surface area contributed by atoms with Crippen molar-refractivity contribution in [3.8, 4) is 11.4 Å². The van der Waals surface area contributed by atoms with E-state index in [0.717, 1.165) is 16.8 Å². The van der Waals surface area contributed by atoms with E-state index in [-0.39, 0.29) is 16.8 Å². The second kappa shape index (κ2) is 7.90. The van der Waals surface area contributed by atoms with E-state index < -0.39 is 10.0 Å². The number of aromatic nitrogens is 2. The van der Waals surface area contributed by atoms with Crippen molar-refractivity contribution in [2.45, 2.75) is 31.2 Å². The number of aromatic amines is 1. The highest BCUT2D eigenvalue weighted by atomic mass is 35.5. The monoisotopic (exact) mass is 480 g/mol. The molecule has 33 heavy (non-hydrogen) atoms. The number of fused-ring (bicyclic) bond motifs is 2. The maximum atomic E-state index is 13.1. The summed E-state index contributed by atoms with van der Waals surface area (Å²) in [5.74, 6) is 0.553. The van der Waals surface area contributed by atoms with Gasteiger partial charge in [-0.05, 0) is 67.4 Å². The lowest BCUT2D eigenvalue weighted by Crippen LogP contribution is -2.33. The van der Waals surface area contributed by atoms with Gasteiger partial charge in [0.15, 0.2) is 0 Å². The Bertz CT molecular complexity index is 1510. The zero-order valence-electron chi connectivity index (χ0n) is 18.0. The minimum atomic E-state index is -3.82. The molecule has 2 N–H and O–H groups in total. The number of imidazole rings is 1. The Kier molecular flexibility index (Phi) is 5.14. The molecule has 1 aliphatic heterocycles. The third-order valence-corrected chi connectivity index (χ3v) is 7.49. The molecule has 7 nitrogen and oxygen atoms in total. The van der Waals surface area contributed by atoms with E-state index in [1.807, 2.05) is 25.1 Å². The molecule has 1 unspecified atom stereocenters. The minimum absolute atomic E-state index is 0.00138. The summed E-state index contributed by atoms with van der Waals surface area (Å²) in [5, 5.41) is 0.576. The molecule has 3 aromatic carbocycles. The molecule has 1 amide bonds. The molecule has 0 spiro atoms. The molecule has 1 aromatic heterocycles. The third kappa shape index (κ3) is 3.85. The number of hydrogen-bond donors (Lipinski definition) is 2. The van der Waals surface area contributed by atoms with Crippen LogP contribution in [0.1, 0.15) is 19.4 Å². The van der Waals surface area contributed by atoms with Gasteiger partial charge in [0.1, 0.15) is 5.82 Å². The van der Waals surface area contributed by atoms with Crippen LogP contribution in [0.4, 0.5) is 11.4 Å². The van der Waals surface area contributed by atoms with Crippen LogP contribution in [0.2, 0.25) is 5.02 Å². The van der Waals surface area contributed by atoms with Gasteiger partial charge in [-0.15, -0.1) is 0 Å². The van der Waals surface area contributed by atoms with Crippen LogP contribution in [0.15, 0.2) is 65.6 Å². The average Bonchev–Trinajstić information content (AvgIpc) is 3.32. The second-order valence-corrected chi connectivity index (χ2v) is 10.2. The topological polar surface area (TPSA) is 95.2 Å². The number of nitrogens with one attached hydrogen (secondary N) is 2. The van der Waals surface area contributed by atoms with E-state index in [4.69, 9.17) is 11.6 Å².